The molecule has 2 rings (SSSR count). The number of carbonyl (C=O) groups excluding carboxylic acids is 2. The molecule has 170 valence electrons. The summed E-state index contributed by atoms with van der Waals surface area (Å²) in [4.78, 5) is 24.0. The second kappa shape index (κ2) is 12.0. The monoisotopic (exact) mass is 424 g/mol. The smallest absolute Gasteiger partial charge is 0.338 e. The van der Waals surface area contributed by atoms with Crippen LogP contribution in [0.25, 0.3) is 0 Å². The highest BCUT2D eigenvalue weighted by atomic mass is 16.6. The molecule has 2 aliphatic rings. The van der Waals surface area contributed by atoms with E-state index in [0.717, 1.165) is 24.0 Å². The number of hydrogen-bond donors (Lipinski definition) is 0. The lowest BCUT2D eigenvalue weighted by Gasteiger charge is -2.32. The summed E-state index contributed by atoms with van der Waals surface area (Å²) in [6.07, 6.45) is 21.4. The van der Waals surface area contributed by atoms with Crippen LogP contribution in [0.3, 0.4) is 0 Å². The fourth-order valence-corrected chi connectivity index (χ4v) is 4.68. The van der Waals surface area contributed by atoms with Gasteiger partial charge in [-0.1, -0.05) is 74.6 Å². The first-order valence-corrected chi connectivity index (χ1v) is 11.8. The molecule has 0 atom stereocenters. The van der Waals surface area contributed by atoms with Crippen molar-refractivity contribution in [2.75, 3.05) is 0 Å². The first-order chi connectivity index (χ1) is 14.7. The summed E-state index contributed by atoms with van der Waals surface area (Å²) >= 11 is 0. The summed E-state index contributed by atoms with van der Waals surface area (Å²) in [5, 5.41) is 0. The second-order valence-electron chi connectivity index (χ2n) is 9.92. The summed E-state index contributed by atoms with van der Waals surface area (Å²) < 4.78 is 4.97. The van der Waals surface area contributed by atoms with Gasteiger partial charge in [0.1, 0.15) is 0 Å². The van der Waals surface area contributed by atoms with Crippen molar-refractivity contribution in [2.24, 2.45) is 11.3 Å². The molecule has 0 saturated heterocycles. The van der Waals surface area contributed by atoms with Crippen LogP contribution >= 0.6 is 0 Å². The molecular weight excluding hydrogens is 384 g/mol. The van der Waals surface area contributed by atoms with Gasteiger partial charge in [0.25, 0.3) is 0 Å². The van der Waals surface area contributed by atoms with Crippen LogP contribution in [0.15, 0.2) is 58.7 Å². The van der Waals surface area contributed by atoms with Crippen molar-refractivity contribution in [1.29, 1.82) is 0 Å². The topological polar surface area (TPSA) is 43.4 Å². The molecule has 0 spiro atoms. The largest absolute Gasteiger partial charge is 0.390 e. The molecule has 31 heavy (non-hydrogen) atoms. The normalized spacial score (nSPS) is 21.2. The Morgan fingerprint density at radius 1 is 1.03 bits per heavy atom. The molecule has 0 aromatic carbocycles. The summed E-state index contributed by atoms with van der Waals surface area (Å²) in [5.74, 6) is -0.606. The van der Waals surface area contributed by atoms with E-state index in [4.69, 9.17) is 4.74 Å². The highest BCUT2D eigenvalue weighted by molar-refractivity contribution is 5.92. The predicted octanol–water partition coefficient (Wildman–Crippen LogP) is 7.56. The van der Waals surface area contributed by atoms with Crippen LogP contribution in [0, 0.1) is 11.3 Å². The van der Waals surface area contributed by atoms with Gasteiger partial charge < -0.3 is 4.74 Å². The Bertz CT molecular complexity index is 796. The zero-order valence-corrected chi connectivity index (χ0v) is 20.1. The van der Waals surface area contributed by atoms with Crippen LogP contribution in [0.4, 0.5) is 0 Å². The molecule has 0 heterocycles. The maximum absolute atomic E-state index is 12.0. The van der Waals surface area contributed by atoms with E-state index in [-0.39, 0.29) is 5.41 Å². The van der Waals surface area contributed by atoms with Gasteiger partial charge in [-0.05, 0) is 75.4 Å². The summed E-state index contributed by atoms with van der Waals surface area (Å²) in [6, 6.07) is 0. The number of esters is 2. The second-order valence-corrected chi connectivity index (χ2v) is 9.92. The molecule has 1 saturated carbocycles. The Labute approximate surface area is 189 Å². The maximum Gasteiger partial charge on any atom is 0.338 e. The molecular formula is C28H40O3. The van der Waals surface area contributed by atoms with Crippen molar-refractivity contribution in [3.8, 4) is 0 Å². The van der Waals surface area contributed by atoms with Crippen LogP contribution < -0.4 is 0 Å². The van der Waals surface area contributed by atoms with E-state index < -0.39 is 11.9 Å². The number of carbonyl (C=O) groups is 2. The molecule has 0 unspecified atom stereocenters. The number of ether oxygens (including phenoxy) is 1. The first kappa shape index (κ1) is 25.1. The Kier molecular flexibility index (Phi) is 9.74. The molecule has 0 bridgehead atoms. The van der Waals surface area contributed by atoms with Crippen molar-refractivity contribution in [3.05, 3.63) is 58.7 Å². The molecule has 3 nitrogen and oxygen atoms in total. The fourth-order valence-electron chi connectivity index (χ4n) is 4.68. The van der Waals surface area contributed by atoms with E-state index in [1.54, 1.807) is 0 Å². The number of hydrogen-bond acceptors (Lipinski definition) is 3. The van der Waals surface area contributed by atoms with E-state index in [1.807, 2.05) is 25.2 Å². The van der Waals surface area contributed by atoms with E-state index in [9.17, 15) is 9.59 Å². The van der Waals surface area contributed by atoms with E-state index in [0.29, 0.717) is 12.3 Å². The van der Waals surface area contributed by atoms with E-state index >= 15 is 0 Å². The zero-order chi connectivity index (χ0) is 22.9. The van der Waals surface area contributed by atoms with Crippen LogP contribution in [-0.4, -0.2) is 11.9 Å². The standard InChI is InChI=1S/C28H40O3/c1-21(16-17-25-23(3)13-10-18-28(25,4)5)11-9-12-22(2)19-26(29)31-27(30)20-24-14-7-6-8-15-24/h9,11-12,16-17,19,24H,6-8,10,13-15,18,20H2,1-5H3/b12-9+,17-16+,21-11+,22-19+. The minimum absolute atomic E-state index is 0.239. The van der Waals surface area contributed by atoms with Crippen molar-refractivity contribution in [1.82, 2.24) is 0 Å². The Morgan fingerprint density at radius 2 is 1.74 bits per heavy atom. The highest BCUT2D eigenvalue weighted by Gasteiger charge is 2.26. The molecule has 2 aliphatic carbocycles. The molecule has 1 fully saturated rings. The van der Waals surface area contributed by atoms with Crippen molar-refractivity contribution >= 4 is 11.9 Å². The van der Waals surface area contributed by atoms with Gasteiger partial charge in [0.15, 0.2) is 0 Å². The summed E-state index contributed by atoms with van der Waals surface area (Å²) in [7, 11) is 0. The third-order valence-electron chi connectivity index (χ3n) is 6.51. The summed E-state index contributed by atoms with van der Waals surface area (Å²) in [6.45, 7) is 10.8. The Morgan fingerprint density at radius 3 is 2.42 bits per heavy atom. The van der Waals surface area contributed by atoms with Gasteiger partial charge in [-0.15, -0.1) is 0 Å². The van der Waals surface area contributed by atoms with Gasteiger partial charge in [-0.2, -0.15) is 0 Å². The number of rotatable bonds is 7. The van der Waals surface area contributed by atoms with Gasteiger partial charge in [-0.25, -0.2) is 4.79 Å². The summed E-state index contributed by atoms with van der Waals surface area (Å²) in [5.41, 5.74) is 5.09. The minimum Gasteiger partial charge on any atom is -0.390 e. The lowest BCUT2D eigenvalue weighted by atomic mass is 9.72. The molecule has 0 N–H and O–H groups in total. The molecule has 0 amide bonds. The van der Waals surface area contributed by atoms with E-state index in [2.05, 4.69) is 39.8 Å². The third kappa shape index (κ3) is 8.85. The average Bonchev–Trinajstić information content (AvgIpc) is 2.67. The minimum atomic E-state index is -0.578. The van der Waals surface area contributed by atoms with Gasteiger partial charge >= 0.3 is 11.9 Å². The average molecular weight is 425 g/mol. The SMILES string of the molecule is CC1=C(/C=C/C(C)=C/C=C/C(C)=C/C(=O)OC(=O)CC2CCCCC2)C(C)(C)CCC1. The van der Waals surface area contributed by atoms with Crippen LogP contribution in [0.5, 0.6) is 0 Å². The maximum atomic E-state index is 12.0. The van der Waals surface area contributed by atoms with Crippen LogP contribution in [0.2, 0.25) is 0 Å². The quantitative estimate of drug-likeness (QED) is 0.183. The fraction of sp³-hybridized carbons (Fsp3) is 0.571. The molecule has 0 aliphatic heterocycles. The zero-order valence-electron chi connectivity index (χ0n) is 20.1. The molecule has 3 heteroatoms. The van der Waals surface area contributed by atoms with Gasteiger partial charge in [0.05, 0.1) is 0 Å². The van der Waals surface area contributed by atoms with Crippen molar-refractivity contribution in [2.45, 2.75) is 92.4 Å². The van der Waals surface area contributed by atoms with Crippen LogP contribution in [-0.2, 0) is 14.3 Å². The van der Waals surface area contributed by atoms with Gasteiger partial charge in [0, 0.05) is 12.5 Å². The molecule has 0 aromatic heterocycles. The van der Waals surface area contributed by atoms with Crippen LogP contribution in [0.1, 0.15) is 92.4 Å². The Hall–Kier alpha value is -2.16. The Balaban J connectivity index is 1.85. The molecule has 0 radical (unpaired) electrons. The van der Waals surface area contributed by atoms with E-state index in [1.165, 1.54) is 55.7 Å². The molecule has 0 aromatic rings. The number of allylic oxidation sites excluding steroid dienone is 9. The highest BCUT2D eigenvalue weighted by Crippen LogP contribution is 2.40. The van der Waals surface area contributed by atoms with Crippen molar-refractivity contribution in [3.63, 3.8) is 0 Å². The predicted molar refractivity (Wildman–Crippen MR) is 128 cm³/mol. The lowest BCUT2D eigenvalue weighted by molar-refractivity contribution is -0.157. The first-order valence-electron chi connectivity index (χ1n) is 11.8. The lowest BCUT2D eigenvalue weighted by Crippen LogP contribution is -2.19. The van der Waals surface area contributed by atoms with Gasteiger partial charge in [0.2, 0.25) is 0 Å². The third-order valence-corrected chi connectivity index (χ3v) is 6.51. The van der Waals surface area contributed by atoms with Gasteiger partial charge in [-0.3, -0.25) is 4.79 Å². The van der Waals surface area contributed by atoms with Crippen molar-refractivity contribution < 1.29 is 14.3 Å².